The fourth-order valence-corrected chi connectivity index (χ4v) is 8.00. The van der Waals surface area contributed by atoms with Crippen LogP contribution in [0.2, 0.25) is 0 Å². The molecule has 0 heterocycles. The van der Waals surface area contributed by atoms with Crippen LogP contribution in [0.25, 0.3) is 0 Å². The lowest BCUT2D eigenvalue weighted by Gasteiger charge is -2.20. The number of unbranched alkanes of at least 4 members (excludes halogenated alkanes) is 30. The van der Waals surface area contributed by atoms with Crippen molar-refractivity contribution in [2.24, 2.45) is 5.73 Å². The number of hydrogen-bond acceptors (Lipinski definition) is 9. The maximum absolute atomic E-state index is 12.7. The zero-order valence-corrected chi connectivity index (χ0v) is 40.6. The van der Waals surface area contributed by atoms with Gasteiger partial charge in [0.1, 0.15) is 12.6 Å². The van der Waals surface area contributed by atoms with Gasteiger partial charge in [-0.15, -0.1) is 0 Å². The topological polar surface area (TPSA) is 172 Å². The molecule has 3 atom stereocenters. The van der Waals surface area contributed by atoms with E-state index in [-0.39, 0.29) is 19.4 Å². The van der Waals surface area contributed by atoms with E-state index in [1.807, 2.05) is 6.08 Å². The van der Waals surface area contributed by atoms with Crippen molar-refractivity contribution in [1.82, 2.24) is 0 Å². The number of hydrogen-bond donors (Lipinski definition) is 3. The first-order valence-corrected chi connectivity index (χ1v) is 26.9. The molecule has 62 heavy (non-hydrogen) atoms. The molecule has 1 unspecified atom stereocenters. The van der Waals surface area contributed by atoms with Crippen molar-refractivity contribution < 1.29 is 47.5 Å². The van der Waals surface area contributed by atoms with Gasteiger partial charge in [0, 0.05) is 12.8 Å². The molecule has 0 aliphatic rings. The van der Waals surface area contributed by atoms with E-state index >= 15 is 0 Å². The summed E-state index contributed by atoms with van der Waals surface area (Å²) in [6.07, 6.45) is 49.7. The van der Waals surface area contributed by atoms with E-state index in [0.29, 0.717) is 19.3 Å². The monoisotopic (exact) mass is 900 g/mol. The summed E-state index contributed by atoms with van der Waals surface area (Å²) in [6.45, 7) is 2.81. The molecular formula is C50H94NO10P. The van der Waals surface area contributed by atoms with Crippen molar-refractivity contribution in [2.75, 3.05) is 19.8 Å². The number of phosphoric ester groups is 1. The molecule has 0 aliphatic carbocycles. The van der Waals surface area contributed by atoms with Crippen LogP contribution in [0.3, 0.4) is 0 Å². The summed E-state index contributed by atoms with van der Waals surface area (Å²) >= 11 is 0. The second kappa shape index (κ2) is 45.5. The van der Waals surface area contributed by atoms with Gasteiger partial charge in [0.2, 0.25) is 0 Å². The number of ether oxygens (including phenoxy) is 2. The first-order chi connectivity index (χ1) is 30.1. The molecule has 0 aliphatic heterocycles. The van der Waals surface area contributed by atoms with Crippen molar-refractivity contribution >= 4 is 25.7 Å². The fraction of sp³-hybridized carbons (Fsp3) is 0.860. The highest BCUT2D eigenvalue weighted by molar-refractivity contribution is 7.47. The van der Waals surface area contributed by atoms with E-state index in [0.717, 1.165) is 32.1 Å². The SMILES string of the molecule is CCCCCCCCCCC/C=C/C/C=C/CCCC(=O)OC[C@H](COP(=O)(O)OC[C@H](N)C(=O)O)OC(=O)CCCCCCCCCCCCCCCCCCCCCCC. The van der Waals surface area contributed by atoms with E-state index in [9.17, 15) is 23.8 Å². The Hall–Kier alpha value is -2.04. The van der Waals surface area contributed by atoms with Gasteiger partial charge in [0.15, 0.2) is 6.10 Å². The first-order valence-electron chi connectivity index (χ1n) is 25.4. The molecule has 0 saturated heterocycles. The predicted octanol–water partition coefficient (Wildman–Crippen LogP) is 14.2. The highest BCUT2D eigenvalue weighted by Crippen LogP contribution is 2.43. The van der Waals surface area contributed by atoms with Gasteiger partial charge >= 0.3 is 25.7 Å². The summed E-state index contributed by atoms with van der Waals surface area (Å²) in [5.74, 6) is -2.42. The van der Waals surface area contributed by atoms with Crippen molar-refractivity contribution in [2.45, 2.75) is 257 Å². The summed E-state index contributed by atoms with van der Waals surface area (Å²) in [5, 5.41) is 8.91. The van der Waals surface area contributed by atoms with Gasteiger partial charge in [0.05, 0.1) is 13.2 Å². The average Bonchev–Trinajstić information content (AvgIpc) is 3.25. The Balaban J connectivity index is 4.27. The zero-order valence-electron chi connectivity index (χ0n) is 39.7. The third-order valence-electron chi connectivity index (χ3n) is 11.2. The summed E-state index contributed by atoms with van der Waals surface area (Å²) in [7, 11) is -4.73. The van der Waals surface area contributed by atoms with E-state index in [1.165, 1.54) is 167 Å². The normalized spacial score (nSPS) is 13.7. The molecule has 0 fully saturated rings. The van der Waals surface area contributed by atoms with Crippen LogP contribution in [0, 0.1) is 0 Å². The Labute approximate surface area is 379 Å². The first kappa shape index (κ1) is 60.0. The molecule has 11 nitrogen and oxygen atoms in total. The van der Waals surface area contributed by atoms with Gasteiger partial charge in [-0.05, 0) is 38.5 Å². The maximum Gasteiger partial charge on any atom is 0.472 e. The minimum Gasteiger partial charge on any atom is -0.480 e. The number of esters is 2. The van der Waals surface area contributed by atoms with E-state index < -0.39 is 51.1 Å². The van der Waals surface area contributed by atoms with E-state index in [2.05, 4.69) is 36.6 Å². The smallest absolute Gasteiger partial charge is 0.472 e. The van der Waals surface area contributed by atoms with Crippen molar-refractivity contribution in [3.63, 3.8) is 0 Å². The number of rotatable bonds is 48. The molecule has 0 bridgehead atoms. The van der Waals surface area contributed by atoms with Crippen LogP contribution in [-0.4, -0.2) is 59.9 Å². The Morgan fingerprint density at radius 3 is 1.31 bits per heavy atom. The molecule has 0 aromatic heterocycles. The minimum absolute atomic E-state index is 0.158. The van der Waals surface area contributed by atoms with Gasteiger partial charge in [-0.2, -0.15) is 0 Å². The third kappa shape index (κ3) is 44.6. The second-order valence-corrected chi connectivity index (χ2v) is 18.8. The minimum atomic E-state index is -4.73. The maximum atomic E-state index is 12.7. The number of aliphatic carboxylic acids is 1. The van der Waals surface area contributed by atoms with E-state index in [1.54, 1.807) is 0 Å². The van der Waals surface area contributed by atoms with E-state index in [4.69, 9.17) is 24.8 Å². The number of carbonyl (C=O) groups is 3. The van der Waals surface area contributed by atoms with Crippen LogP contribution in [0.1, 0.15) is 245 Å². The van der Waals surface area contributed by atoms with Crippen LogP contribution >= 0.6 is 7.82 Å². The number of carbonyl (C=O) groups excluding carboxylic acids is 2. The fourth-order valence-electron chi connectivity index (χ4n) is 7.22. The van der Waals surface area contributed by atoms with Crippen LogP contribution in [0.15, 0.2) is 24.3 Å². The summed E-state index contributed by atoms with van der Waals surface area (Å²) in [5.41, 5.74) is 5.35. The largest absolute Gasteiger partial charge is 0.480 e. The number of allylic oxidation sites excluding steroid dienone is 4. The summed E-state index contributed by atoms with van der Waals surface area (Å²) in [4.78, 5) is 46.1. The third-order valence-corrected chi connectivity index (χ3v) is 12.2. The molecule has 4 N–H and O–H groups in total. The van der Waals surface area contributed by atoms with Gasteiger partial charge in [-0.25, -0.2) is 4.57 Å². The Morgan fingerprint density at radius 1 is 0.500 bits per heavy atom. The summed E-state index contributed by atoms with van der Waals surface area (Å²) < 4.78 is 32.8. The average molecular weight is 900 g/mol. The Morgan fingerprint density at radius 2 is 0.871 bits per heavy atom. The summed E-state index contributed by atoms with van der Waals surface area (Å²) in [6, 6.07) is -1.52. The van der Waals surface area contributed by atoms with Crippen LogP contribution in [0.5, 0.6) is 0 Å². The molecule has 0 spiro atoms. The molecule has 0 aromatic carbocycles. The molecule has 0 radical (unpaired) electrons. The van der Waals surface area contributed by atoms with Crippen molar-refractivity contribution in [1.29, 1.82) is 0 Å². The molecule has 0 rings (SSSR count). The highest BCUT2D eigenvalue weighted by Gasteiger charge is 2.28. The second-order valence-electron chi connectivity index (χ2n) is 17.3. The van der Waals surface area contributed by atoms with Crippen molar-refractivity contribution in [3.8, 4) is 0 Å². The van der Waals surface area contributed by atoms with Gasteiger partial charge in [-0.3, -0.25) is 23.4 Å². The van der Waals surface area contributed by atoms with Crippen LogP contribution in [-0.2, 0) is 37.5 Å². The lowest BCUT2D eigenvalue weighted by Crippen LogP contribution is -2.34. The molecular weight excluding hydrogens is 806 g/mol. The number of nitrogens with two attached hydrogens (primary N) is 1. The standard InChI is InChI=1S/C50H94NO10P/c1-3-5-7-9-11-13-15-17-19-21-22-23-24-26-28-30-32-34-36-38-40-42-49(53)61-46(44-59-62(56,57)60-45-47(51)50(54)55)43-58-48(52)41-39-37-35-33-31-29-27-25-20-18-16-14-12-10-8-6-4-2/h27,29,33,35,46-47H,3-26,28,30-32,34,36-45,51H2,1-2H3,(H,54,55)(H,56,57)/b29-27+,35-33+/t46-,47+/m1/s1. The Bertz CT molecular complexity index is 1150. The molecule has 12 heteroatoms. The highest BCUT2D eigenvalue weighted by atomic mass is 31.2. The van der Waals surface area contributed by atoms with Gasteiger partial charge in [0.25, 0.3) is 0 Å². The zero-order chi connectivity index (χ0) is 45.6. The van der Waals surface area contributed by atoms with Crippen LogP contribution < -0.4 is 5.73 Å². The lowest BCUT2D eigenvalue weighted by atomic mass is 10.0. The Kier molecular flexibility index (Phi) is 44.0. The molecule has 0 aromatic rings. The predicted molar refractivity (Wildman–Crippen MR) is 254 cm³/mol. The number of carboxylic acid groups (broad SMARTS) is 1. The van der Waals surface area contributed by atoms with Crippen LogP contribution in [0.4, 0.5) is 0 Å². The molecule has 364 valence electrons. The quantitative estimate of drug-likeness (QED) is 0.0230. The molecule has 0 saturated carbocycles. The molecule has 0 amide bonds. The number of phosphoric acid groups is 1. The number of carboxylic acids is 1. The lowest BCUT2D eigenvalue weighted by molar-refractivity contribution is -0.161. The van der Waals surface area contributed by atoms with Gasteiger partial charge in [-0.1, -0.05) is 218 Å². The van der Waals surface area contributed by atoms with Gasteiger partial charge < -0.3 is 25.2 Å². The van der Waals surface area contributed by atoms with Crippen molar-refractivity contribution in [3.05, 3.63) is 24.3 Å².